The van der Waals surface area contributed by atoms with Gasteiger partial charge in [-0.15, -0.1) is 0 Å². The Morgan fingerprint density at radius 1 is 0.517 bits per heavy atom. The first-order valence-electron chi connectivity index (χ1n) is 18.2. The van der Waals surface area contributed by atoms with Crippen molar-refractivity contribution in [2.24, 2.45) is 0 Å². The van der Waals surface area contributed by atoms with E-state index in [0.717, 1.165) is 5.56 Å². The summed E-state index contributed by atoms with van der Waals surface area (Å²) in [6.07, 6.45) is 0. The van der Waals surface area contributed by atoms with Crippen molar-refractivity contribution in [2.45, 2.75) is 43.4 Å². The summed E-state index contributed by atoms with van der Waals surface area (Å²) in [5.41, 5.74) is 3.95. The molecule has 0 fully saturated rings. The average molecular weight is 845 g/mol. The highest BCUT2D eigenvalue weighted by molar-refractivity contribution is 7.87. The fourth-order valence-electron chi connectivity index (χ4n) is 7.47. The van der Waals surface area contributed by atoms with Crippen LogP contribution >= 0.6 is 0 Å². The van der Waals surface area contributed by atoms with Crippen LogP contribution in [0.25, 0.3) is 31.5 Å². The van der Waals surface area contributed by atoms with Gasteiger partial charge in [0.25, 0.3) is 0 Å². The first kappa shape index (κ1) is 40.8. The lowest BCUT2D eigenvalue weighted by Gasteiger charge is -2.24. The van der Waals surface area contributed by atoms with Crippen molar-refractivity contribution >= 4 is 53.2 Å². The molecule has 7 aromatic carbocycles. The van der Waals surface area contributed by atoms with Crippen LogP contribution in [0.4, 0.5) is 11.4 Å². The molecule has 14 nitrogen and oxygen atoms in total. The standard InChI is InChI=1S/C44H34N4O10S2/c1-23-18-28(19-24(2)41(23)49)40(27-12-17-36(37(22-27)56-5)57-59(52,53)38-10-6-8-32-30(38)13-15-34(47-45)42(32)50)29-20-25(3)44(26(4)21-29)58-60(54,55)39-11-7-9-33-31(39)14-16-35(48-46)43(33)51/h6-22,40H,1-5H3,(H-2,49,50,51)/p+2. The zero-order chi connectivity index (χ0) is 43.3. The second-order valence-corrected chi connectivity index (χ2v) is 17.2. The highest BCUT2D eigenvalue weighted by atomic mass is 32.2. The summed E-state index contributed by atoms with van der Waals surface area (Å²) in [6.45, 7) is 6.93. The number of hydrogen-bond donors (Lipinski definition) is 3. The van der Waals surface area contributed by atoms with Gasteiger partial charge in [0.2, 0.25) is 22.3 Å². The van der Waals surface area contributed by atoms with Crippen molar-refractivity contribution in [3.8, 4) is 34.5 Å². The van der Waals surface area contributed by atoms with Crippen LogP contribution < -0.4 is 13.1 Å². The number of aromatic hydroxyl groups is 3. The van der Waals surface area contributed by atoms with Gasteiger partial charge < -0.3 is 28.4 Å². The summed E-state index contributed by atoms with van der Waals surface area (Å²) >= 11 is 0. The molecule has 0 radical (unpaired) electrons. The van der Waals surface area contributed by atoms with Crippen LogP contribution in [0.15, 0.2) is 113 Å². The number of phenolic OH excluding ortho intramolecular Hbond substituents is 3. The third-order valence-electron chi connectivity index (χ3n) is 10.3. The molecule has 16 heteroatoms. The van der Waals surface area contributed by atoms with Crippen LogP contribution in [0, 0.1) is 38.5 Å². The van der Waals surface area contributed by atoms with Crippen LogP contribution in [0.5, 0.6) is 34.5 Å². The molecule has 1 atom stereocenters. The zero-order valence-corrected chi connectivity index (χ0v) is 34.3. The van der Waals surface area contributed by atoms with Crippen molar-refractivity contribution in [3.63, 3.8) is 0 Å². The summed E-state index contributed by atoms with van der Waals surface area (Å²) in [5.74, 6) is -1.25. The molecular formula is C44H36N4O10S2+2. The smallest absolute Gasteiger partial charge is 0.426 e. The van der Waals surface area contributed by atoms with E-state index < -0.39 is 37.7 Å². The van der Waals surface area contributed by atoms with Gasteiger partial charge in [-0.1, -0.05) is 54.6 Å². The molecule has 7 rings (SSSR count). The highest BCUT2D eigenvalue weighted by Gasteiger charge is 2.29. The molecular weight excluding hydrogens is 809 g/mol. The minimum atomic E-state index is -4.53. The summed E-state index contributed by atoms with van der Waals surface area (Å²) in [7, 11) is -7.65. The predicted octanol–water partition coefficient (Wildman–Crippen LogP) is 10.0. The first-order valence-corrected chi connectivity index (χ1v) is 21.0. The Hall–Kier alpha value is -7.40. The van der Waals surface area contributed by atoms with Gasteiger partial charge in [0.15, 0.2) is 21.5 Å². The third kappa shape index (κ3) is 7.19. The van der Waals surface area contributed by atoms with Gasteiger partial charge in [-0.2, -0.15) is 16.8 Å². The van der Waals surface area contributed by atoms with Gasteiger partial charge in [-0.05, 0) is 103 Å². The van der Waals surface area contributed by atoms with Crippen molar-refractivity contribution in [3.05, 3.63) is 152 Å². The van der Waals surface area contributed by atoms with Crippen molar-refractivity contribution < 1.29 is 45.3 Å². The maximum absolute atomic E-state index is 13.9. The van der Waals surface area contributed by atoms with E-state index in [4.69, 9.17) is 13.1 Å². The number of aryl methyl sites for hydroxylation is 4. The summed E-state index contributed by atoms with van der Waals surface area (Å²) < 4.78 is 72.4. The van der Waals surface area contributed by atoms with Crippen molar-refractivity contribution in [1.29, 1.82) is 10.8 Å². The summed E-state index contributed by atoms with van der Waals surface area (Å²) in [4.78, 5) is 5.61. The number of diazo groups is 2. The molecule has 0 saturated carbocycles. The Kier molecular flexibility index (Phi) is 10.5. The van der Waals surface area contributed by atoms with E-state index in [1.54, 1.807) is 52.0 Å². The minimum absolute atomic E-state index is 0.0677. The van der Waals surface area contributed by atoms with Crippen molar-refractivity contribution in [1.82, 2.24) is 0 Å². The topological polar surface area (TPSA) is 213 Å². The van der Waals surface area contributed by atoms with Crippen LogP contribution in [-0.4, -0.2) is 39.3 Å². The lowest BCUT2D eigenvalue weighted by atomic mass is 9.82. The molecule has 0 aliphatic carbocycles. The fraction of sp³-hybridized carbons (Fsp3) is 0.136. The van der Waals surface area contributed by atoms with Gasteiger partial charge >= 0.3 is 31.6 Å². The number of ether oxygens (including phenoxy) is 1. The quantitative estimate of drug-likeness (QED) is 0.0667. The van der Waals surface area contributed by atoms with Gasteiger partial charge in [-0.25, -0.2) is 0 Å². The van der Waals surface area contributed by atoms with Crippen LogP contribution in [0.2, 0.25) is 0 Å². The minimum Gasteiger partial charge on any atom is -0.507 e. The number of hydrogen-bond acceptors (Lipinski definition) is 12. The molecule has 0 aromatic heterocycles. The number of benzene rings is 7. The molecule has 0 saturated heterocycles. The number of phenols is 3. The Balaban J connectivity index is 1.30. The van der Waals surface area contributed by atoms with E-state index in [1.165, 1.54) is 73.8 Å². The van der Waals surface area contributed by atoms with Gasteiger partial charge in [0.1, 0.15) is 21.3 Å². The van der Waals surface area contributed by atoms with Crippen LogP contribution in [-0.2, 0) is 20.2 Å². The van der Waals surface area contributed by atoms with E-state index in [0.29, 0.717) is 33.4 Å². The van der Waals surface area contributed by atoms with E-state index in [9.17, 15) is 42.9 Å². The predicted molar refractivity (Wildman–Crippen MR) is 224 cm³/mol. The zero-order valence-electron chi connectivity index (χ0n) is 32.7. The van der Waals surface area contributed by atoms with E-state index in [2.05, 4.69) is 9.95 Å². The Morgan fingerprint density at radius 2 is 0.983 bits per heavy atom. The van der Waals surface area contributed by atoms with Crippen LogP contribution in [0.1, 0.15) is 44.9 Å². The molecule has 0 aliphatic heterocycles. The lowest BCUT2D eigenvalue weighted by Crippen LogP contribution is -2.13. The molecule has 0 amide bonds. The number of fused-ring (bicyclic) bond motifs is 2. The molecule has 302 valence electrons. The molecule has 0 spiro atoms. The average Bonchev–Trinajstić information content (AvgIpc) is 3.21. The molecule has 0 aliphatic rings. The first-order chi connectivity index (χ1) is 28.5. The normalized spacial score (nSPS) is 12.1. The largest absolute Gasteiger partial charge is 0.507 e. The van der Waals surface area contributed by atoms with Gasteiger partial charge in [0, 0.05) is 39.6 Å². The van der Waals surface area contributed by atoms with Gasteiger partial charge in [0.05, 0.1) is 7.11 Å². The van der Waals surface area contributed by atoms with Crippen molar-refractivity contribution in [2.75, 3.05) is 7.11 Å². The lowest BCUT2D eigenvalue weighted by molar-refractivity contribution is 0.390. The number of rotatable bonds is 10. The molecule has 60 heavy (non-hydrogen) atoms. The molecule has 3 N–H and O–H groups in total. The van der Waals surface area contributed by atoms with E-state index >= 15 is 0 Å². The second kappa shape index (κ2) is 15.4. The molecule has 7 aromatic rings. The van der Waals surface area contributed by atoms with E-state index in [1.807, 2.05) is 12.1 Å². The number of nitrogens with zero attached hydrogens (tertiary/aromatic N) is 4. The summed E-state index contributed by atoms with van der Waals surface area (Å²) in [5, 5.41) is 50.9. The Morgan fingerprint density at radius 3 is 1.45 bits per heavy atom. The fourth-order valence-corrected chi connectivity index (χ4v) is 9.89. The maximum Gasteiger partial charge on any atom is 0.426 e. The molecule has 0 heterocycles. The van der Waals surface area contributed by atoms with Gasteiger partial charge in [-0.3, -0.25) is 0 Å². The Labute approximate surface area is 345 Å². The SMILES string of the molecule is COc1cc(C(c2cc(C)c(O)c(C)c2)c2cc(C)c(OS(=O)(=O)c3cccc4c(O)c([N+]#N)ccc34)c(C)c2)ccc1OS(=O)(=O)c1cccc2c(O)c([N+]#N)ccc12. The summed E-state index contributed by atoms with van der Waals surface area (Å²) in [6, 6.07) is 25.8. The maximum atomic E-state index is 13.9. The van der Waals surface area contributed by atoms with E-state index in [-0.39, 0.29) is 65.7 Å². The Bertz CT molecular complexity index is 3200. The molecule has 1 unspecified atom stereocenters. The number of methoxy groups -OCH3 is 1. The molecule has 0 bridgehead atoms. The highest BCUT2D eigenvalue weighted by Crippen LogP contribution is 2.44. The third-order valence-corrected chi connectivity index (χ3v) is 12.8. The van der Waals surface area contributed by atoms with Crippen LogP contribution in [0.3, 0.4) is 0 Å². The second-order valence-electron chi connectivity index (χ2n) is 14.2. The monoisotopic (exact) mass is 844 g/mol.